The van der Waals surface area contributed by atoms with Crippen molar-refractivity contribution >= 4 is 28.6 Å². The Labute approximate surface area is 202 Å². The van der Waals surface area contributed by atoms with Crippen molar-refractivity contribution in [3.8, 4) is 22.4 Å². The van der Waals surface area contributed by atoms with Gasteiger partial charge in [0.05, 0.1) is 5.69 Å². The Balaban J connectivity index is 1.47. The summed E-state index contributed by atoms with van der Waals surface area (Å²) in [6.07, 6.45) is 1.77. The lowest BCUT2D eigenvalue weighted by Crippen LogP contribution is -2.26. The van der Waals surface area contributed by atoms with Crippen molar-refractivity contribution in [2.45, 2.75) is 13.5 Å². The van der Waals surface area contributed by atoms with Crippen LogP contribution in [-0.2, 0) is 6.54 Å². The zero-order valence-electron chi connectivity index (χ0n) is 19.0. The summed E-state index contributed by atoms with van der Waals surface area (Å²) in [6, 6.07) is 13.5. The topological polar surface area (TPSA) is 84.7 Å². The van der Waals surface area contributed by atoms with Crippen LogP contribution in [-0.4, -0.2) is 39.7 Å². The van der Waals surface area contributed by atoms with Crippen LogP contribution in [0.2, 0.25) is 5.02 Å². The maximum absolute atomic E-state index is 13.8. The number of pyridine rings is 2. The third kappa shape index (κ3) is 3.56. The number of halogens is 1. The van der Waals surface area contributed by atoms with Crippen molar-refractivity contribution in [1.82, 2.24) is 24.8 Å². The number of anilines is 1. The summed E-state index contributed by atoms with van der Waals surface area (Å²) >= 11 is 6.75. The number of rotatable bonds is 5. The highest BCUT2D eigenvalue weighted by atomic mass is 35.5. The standard InChI is InChI=1S/C26H25ClN6O/c1-14-4-3-5-23(31-14)15-6-7-17(22(27)9-15)18-8-16-10-30-26(28-2)32-24(16)33(25(18)34)13-21-19-11-29-12-20(19)21/h3-10,19-21,29H,11-13H2,1-2H3,(H,28,30,32)/t19-,20+,21+. The van der Waals surface area contributed by atoms with Gasteiger partial charge in [-0.15, -0.1) is 0 Å². The number of benzene rings is 1. The zero-order valence-corrected chi connectivity index (χ0v) is 19.8. The normalized spacial score (nSPS) is 21.0. The molecule has 2 aliphatic rings. The lowest BCUT2D eigenvalue weighted by molar-refractivity contribution is 0.515. The largest absolute Gasteiger partial charge is 0.357 e. The average molecular weight is 473 g/mol. The van der Waals surface area contributed by atoms with Crippen molar-refractivity contribution in [2.75, 3.05) is 25.5 Å². The molecule has 0 spiro atoms. The highest BCUT2D eigenvalue weighted by molar-refractivity contribution is 6.33. The highest BCUT2D eigenvalue weighted by Gasteiger charge is 2.52. The van der Waals surface area contributed by atoms with Crippen LogP contribution in [0.4, 0.5) is 5.95 Å². The van der Waals surface area contributed by atoms with Gasteiger partial charge in [0, 0.05) is 52.6 Å². The average Bonchev–Trinajstić information content (AvgIpc) is 3.25. The van der Waals surface area contributed by atoms with Crippen LogP contribution >= 0.6 is 11.6 Å². The van der Waals surface area contributed by atoms with Crippen LogP contribution in [0.25, 0.3) is 33.4 Å². The van der Waals surface area contributed by atoms with Gasteiger partial charge in [-0.1, -0.05) is 29.8 Å². The maximum atomic E-state index is 13.8. The number of nitrogens with zero attached hydrogens (tertiary/aromatic N) is 4. The second kappa shape index (κ2) is 8.18. The number of aromatic nitrogens is 4. The van der Waals surface area contributed by atoms with Crippen molar-refractivity contribution in [3.63, 3.8) is 0 Å². The van der Waals surface area contributed by atoms with Crippen molar-refractivity contribution in [1.29, 1.82) is 0 Å². The summed E-state index contributed by atoms with van der Waals surface area (Å²) < 4.78 is 1.82. The Hall–Kier alpha value is -3.29. The van der Waals surface area contributed by atoms with E-state index in [1.165, 1.54) is 0 Å². The van der Waals surface area contributed by atoms with E-state index in [-0.39, 0.29) is 5.56 Å². The molecule has 2 fully saturated rings. The van der Waals surface area contributed by atoms with Crippen LogP contribution in [0.1, 0.15) is 5.69 Å². The monoisotopic (exact) mass is 472 g/mol. The minimum atomic E-state index is -0.0745. The second-order valence-electron chi connectivity index (χ2n) is 9.20. The lowest BCUT2D eigenvalue weighted by atomic mass is 10.0. The molecule has 1 saturated heterocycles. The van der Waals surface area contributed by atoms with E-state index in [0.717, 1.165) is 35.4 Å². The van der Waals surface area contributed by atoms with Gasteiger partial charge in [-0.3, -0.25) is 14.3 Å². The first-order chi connectivity index (χ1) is 16.5. The summed E-state index contributed by atoms with van der Waals surface area (Å²) in [7, 11) is 1.78. The van der Waals surface area contributed by atoms with Crippen molar-refractivity contribution in [2.24, 2.45) is 17.8 Å². The number of aryl methyl sites for hydroxylation is 1. The number of hydrogen-bond acceptors (Lipinski definition) is 6. The highest BCUT2D eigenvalue weighted by Crippen LogP contribution is 2.49. The summed E-state index contributed by atoms with van der Waals surface area (Å²) in [5.41, 5.74) is 4.55. The maximum Gasteiger partial charge on any atom is 0.260 e. The fourth-order valence-electron chi connectivity index (χ4n) is 5.27. The number of nitrogens with one attached hydrogen (secondary N) is 2. The molecule has 0 unspecified atom stereocenters. The predicted octanol–water partition coefficient (Wildman–Crippen LogP) is 3.99. The van der Waals surface area contributed by atoms with Crippen LogP contribution in [0.15, 0.2) is 53.5 Å². The van der Waals surface area contributed by atoms with E-state index >= 15 is 0 Å². The molecule has 34 heavy (non-hydrogen) atoms. The Kier molecular flexibility index (Phi) is 5.12. The third-order valence-corrected chi connectivity index (χ3v) is 7.47. The molecule has 1 aliphatic carbocycles. The molecule has 0 bridgehead atoms. The third-order valence-electron chi connectivity index (χ3n) is 7.16. The van der Waals surface area contributed by atoms with Gasteiger partial charge in [0.15, 0.2) is 0 Å². The fraction of sp³-hybridized carbons (Fsp3) is 0.308. The Bertz CT molecular complexity index is 1470. The molecular weight excluding hydrogens is 448 g/mol. The predicted molar refractivity (Wildman–Crippen MR) is 135 cm³/mol. The summed E-state index contributed by atoms with van der Waals surface area (Å²) in [5.74, 6) is 2.27. The minimum Gasteiger partial charge on any atom is -0.357 e. The van der Waals surface area contributed by atoms with E-state index in [9.17, 15) is 4.79 Å². The van der Waals surface area contributed by atoms with E-state index in [2.05, 4.69) is 25.6 Å². The fourth-order valence-corrected chi connectivity index (χ4v) is 5.55. The number of piperidine rings is 1. The van der Waals surface area contributed by atoms with Crippen LogP contribution in [0.3, 0.4) is 0 Å². The minimum absolute atomic E-state index is 0.0745. The Morgan fingerprint density at radius 3 is 2.68 bits per heavy atom. The SMILES string of the molecule is CNc1ncc2cc(-c3ccc(-c4cccc(C)n4)cc3Cl)c(=O)n(C[C@H]3[C@@H]4CNC[C@@H]43)c2n1. The first-order valence-corrected chi connectivity index (χ1v) is 11.9. The summed E-state index contributed by atoms with van der Waals surface area (Å²) in [6.45, 7) is 4.67. The number of hydrogen-bond donors (Lipinski definition) is 2. The summed E-state index contributed by atoms with van der Waals surface area (Å²) in [5, 5.41) is 7.75. The molecule has 172 valence electrons. The molecule has 4 aromatic rings. The smallest absolute Gasteiger partial charge is 0.260 e. The molecule has 3 atom stereocenters. The molecule has 7 nitrogen and oxygen atoms in total. The molecule has 0 radical (unpaired) electrons. The molecule has 6 rings (SSSR count). The van der Waals surface area contributed by atoms with Gasteiger partial charge >= 0.3 is 0 Å². The molecule has 1 saturated carbocycles. The van der Waals surface area contributed by atoms with E-state index in [0.29, 0.717) is 52.0 Å². The Morgan fingerprint density at radius 2 is 1.94 bits per heavy atom. The van der Waals surface area contributed by atoms with Gasteiger partial charge in [-0.05, 0) is 62.0 Å². The molecule has 3 aromatic heterocycles. The van der Waals surface area contributed by atoms with Gasteiger partial charge < -0.3 is 10.6 Å². The van der Waals surface area contributed by atoms with Gasteiger partial charge in [-0.2, -0.15) is 4.98 Å². The molecule has 8 heteroatoms. The first-order valence-electron chi connectivity index (χ1n) is 11.6. The van der Waals surface area contributed by atoms with Crippen molar-refractivity contribution in [3.05, 3.63) is 69.7 Å². The van der Waals surface area contributed by atoms with E-state index < -0.39 is 0 Å². The van der Waals surface area contributed by atoms with Gasteiger partial charge in [-0.25, -0.2) is 4.98 Å². The molecule has 2 N–H and O–H groups in total. The lowest BCUT2D eigenvalue weighted by Gasteiger charge is -2.15. The van der Waals surface area contributed by atoms with Crippen molar-refractivity contribution < 1.29 is 0 Å². The van der Waals surface area contributed by atoms with E-state index in [1.807, 2.05) is 54.0 Å². The van der Waals surface area contributed by atoms with E-state index in [1.54, 1.807) is 13.2 Å². The summed E-state index contributed by atoms with van der Waals surface area (Å²) in [4.78, 5) is 27.4. The molecule has 0 amide bonds. The first kappa shape index (κ1) is 21.3. The van der Waals surface area contributed by atoms with Crippen LogP contribution in [0.5, 0.6) is 0 Å². The van der Waals surface area contributed by atoms with Gasteiger partial charge in [0.1, 0.15) is 5.65 Å². The molecule has 1 aliphatic heterocycles. The van der Waals surface area contributed by atoms with E-state index in [4.69, 9.17) is 11.6 Å². The number of fused-ring (bicyclic) bond motifs is 2. The molecular formula is C26H25ClN6O. The quantitative estimate of drug-likeness (QED) is 0.457. The van der Waals surface area contributed by atoms with Crippen LogP contribution < -0.4 is 16.2 Å². The zero-order chi connectivity index (χ0) is 23.4. The van der Waals surface area contributed by atoms with Gasteiger partial charge in [0.25, 0.3) is 5.56 Å². The van der Waals surface area contributed by atoms with Gasteiger partial charge in [0.2, 0.25) is 5.95 Å². The second-order valence-corrected chi connectivity index (χ2v) is 9.61. The molecule has 1 aromatic carbocycles. The Morgan fingerprint density at radius 1 is 1.12 bits per heavy atom. The van der Waals surface area contributed by atoms with Crippen LogP contribution in [0, 0.1) is 24.7 Å². The molecule has 4 heterocycles.